The summed E-state index contributed by atoms with van der Waals surface area (Å²) in [5.74, 6) is 0.443. The second-order valence-electron chi connectivity index (χ2n) is 8.59. The number of hydrogen-bond acceptors (Lipinski definition) is 6. The summed E-state index contributed by atoms with van der Waals surface area (Å²) in [6.07, 6.45) is 3.31. The standard InChI is InChI=1S/C24H29N3O6S/c1-32-20-10-7-18(8-11-20)26-34(30,31)22-14-19(9-12-21(22)33-2)25-23(28)17-4-3-13-27(15-17)24(29)16-5-6-16/h7-12,14,16-17,26H,3-6,13,15H2,1-2H3,(H,25,28). The van der Waals surface area contributed by atoms with Gasteiger partial charge < -0.3 is 19.7 Å². The van der Waals surface area contributed by atoms with Crippen LogP contribution < -0.4 is 19.5 Å². The molecule has 0 spiro atoms. The Kier molecular flexibility index (Phi) is 6.97. The summed E-state index contributed by atoms with van der Waals surface area (Å²) in [5, 5.41) is 2.82. The van der Waals surface area contributed by atoms with Crippen LogP contribution in [0, 0.1) is 11.8 Å². The number of carbonyl (C=O) groups is 2. The van der Waals surface area contributed by atoms with E-state index in [-0.39, 0.29) is 34.3 Å². The number of amides is 2. The van der Waals surface area contributed by atoms with Crippen LogP contribution in [-0.4, -0.2) is 52.4 Å². The number of piperidine rings is 1. The van der Waals surface area contributed by atoms with Gasteiger partial charge >= 0.3 is 0 Å². The van der Waals surface area contributed by atoms with Gasteiger partial charge in [-0.1, -0.05) is 0 Å². The van der Waals surface area contributed by atoms with E-state index in [1.807, 2.05) is 0 Å². The third-order valence-electron chi connectivity index (χ3n) is 6.09. The number of likely N-dealkylation sites (tertiary alicyclic amines) is 1. The number of anilines is 2. The molecule has 1 saturated carbocycles. The van der Waals surface area contributed by atoms with Crippen molar-refractivity contribution in [2.24, 2.45) is 11.8 Å². The first-order chi connectivity index (χ1) is 16.3. The second-order valence-corrected chi connectivity index (χ2v) is 10.2. The Morgan fingerprint density at radius 2 is 1.65 bits per heavy atom. The predicted octanol–water partition coefficient (Wildman–Crippen LogP) is 3.09. The lowest BCUT2D eigenvalue weighted by molar-refractivity contribution is -0.135. The molecule has 2 aromatic rings. The number of nitrogens with one attached hydrogen (secondary N) is 2. The number of benzene rings is 2. The summed E-state index contributed by atoms with van der Waals surface area (Å²) in [5.41, 5.74) is 0.700. The van der Waals surface area contributed by atoms with E-state index >= 15 is 0 Å². The van der Waals surface area contributed by atoms with Crippen LogP contribution in [0.5, 0.6) is 11.5 Å². The Hall–Kier alpha value is -3.27. The van der Waals surface area contributed by atoms with E-state index in [1.165, 1.54) is 26.4 Å². The molecule has 1 unspecified atom stereocenters. The van der Waals surface area contributed by atoms with Crippen molar-refractivity contribution < 1.29 is 27.5 Å². The smallest absolute Gasteiger partial charge is 0.265 e. The van der Waals surface area contributed by atoms with Gasteiger partial charge in [0.1, 0.15) is 16.4 Å². The summed E-state index contributed by atoms with van der Waals surface area (Å²) in [4.78, 5) is 27.0. The van der Waals surface area contributed by atoms with Gasteiger partial charge in [0.15, 0.2) is 0 Å². The van der Waals surface area contributed by atoms with Crippen LogP contribution in [-0.2, 0) is 19.6 Å². The zero-order valence-electron chi connectivity index (χ0n) is 19.2. The molecule has 182 valence electrons. The summed E-state index contributed by atoms with van der Waals surface area (Å²) < 4.78 is 39.0. The van der Waals surface area contributed by atoms with Crippen LogP contribution in [0.15, 0.2) is 47.4 Å². The van der Waals surface area contributed by atoms with Crippen molar-refractivity contribution in [1.82, 2.24) is 4.90 Å². The molecular formula is C24H29N3O6S. The Labute approximate surface area is 199 Å². The molecule has 10 heteroatoms. The maximum atomic E-state index is 13.1. The van der Waals surface area contributed by atoms with E-state index in [9.17, 15) is 18.0 Å². The highest BCUT2D eigenvalue weighted by molar-refractivity contribution is 7.92. The third kappa shape index (κ3) is 5.44. The minimum atomic E-state index is -4.00. The second kappa shape index (κ2) is 9.92. The Morgan fingerprint density at radius 1 is 0.941 bits per heavy atom. The molecule has 1 aliphatic carbocycles. The molecule has 1 atom stereocenters. The van der Waals surface area contributed by atoms with Gasteiger partial charge in [0.25, 0.3) is 10.0 Å². The van der Waals surface area contributed by atoms with Gasteiger partial charge in [0.2, 0.25) is 11.8 Å². The minimum absolute atomic E-state index is 0.0993. The normalized spacial score (nSPS) is 18.2. The van der Waals surface area contributed by atoms with Gasteiger partial charge in [0.05, 0.1) is 20.1 Å². The van der Waals surface area contributed by atoms with Crippen molar-refractivity contribution in [3.8, 4) is 11.5 Å². The van der Waals surface area contributed by atoms with Gasteiger partial charge in [-0.05, 0) is 68.1 Å². The molecular weight excluding hydrogens is 458 g/mol. The quantitative estimate of drug-likeness (QED) is 0.592. The Balaban J connectivity index is 1.48. The van der Waals surface area contributed by atoms with Gasteiger partial charge in [-0.3, -0.25) is 14.3 Å². The number of sulfonamides is 1. The summed E-state index contributed by atoms with van der Waals surface area (Å²) in [7, 11) is -1.09. The first-order valence-electron chi connectivity index (χ1n) is 11.3. The third-order valence-corrected chi connectivity index (χ3v) is 7.50. The highest BCUT2D eigenvalue weighted by Crippen LogP contribution is 2.33. The van der Waals surface area contributed by atoms with Gasteiger partial charge in [-0.25, -0.2) is 8.42 Å². The number of nitrogens with zero attached hydrogens (tertiary/aromatic N) is 1. The predicted molar refractivity (Wildman–Crippen MR) is 127 cm³/mol. The highest BCUT2D eigenvalue weighted by Gasteiger charge is 2.36. The molecule has 34 heavy (non-hydrogen) atoms. The van der Waals surface area contributed by atoms with Crippen LogP contribution in [0.4, 0.5) is 11.4 Å². The Morgan fingerprint density at radius 3 is 2.29 bits per heavy atom. The fraction of sp³-hybridized carbons (Fsp3) is 0.417. The molecule has 2 N–H and O–H groups in total. The molecule has 4 rings (SSSR count). The monoisotopic (exact) mass is 487 g/mol. The molecule has 2 amide bonds. The molecule has 2 aliphatic rings. The highest BCUT2D eigenvalue weighted by atomic mass is 32.2. The molecule has 2 aromatic carbocycles. The number of rotatable bonds is 8. The average Bonchev–Trinajstić information content (AvgIpc) is 3.69. The maximum Gasteiger partial charge on any atom is 0.265 e. The van der Waals surface area contributed by atoms with Gasteiger partial charge in [0, 0.05) is 30.4 Å². The largest absolute Gasteiger partial charge is 0.497 e. The van der Waals surface area contributed by atoms with Crippen LogP contribution >= 0.6 is 0 Å². The first-order valence-corrected chi connectivity index (χ1v) is 12.7. The summed E-state index contributed by atoms with van der Waals surface area (Å²) in [6, 6.07) is 10.9. The molecule has 2 fully saturated rings. The molecule has 1 heterocycles. The molecule has 0 radical (unpaired) electrons. The van der Waals surface area contributed by atoms with Crippen molar-refractivity contribution in [3.63, 3.8) is 0 Å². The number of carbonyl (C=O) groups excluding carboxylic acids is 2. The van der Waals surface area contributed by atoms with E-state index in [4.69, 9.17) is 9.47 Å². The summed E-state index contributed by atoms with van der Waals surface area (Å²) >= 11 is 0. The van der Waals surface area contributed by atoms with Crippen LogP contribution in [0.25, 0.3) is 0 Å². The topological polar surface area (TPSA) is 114 Å². The zero-order valence-corrected chi connectivity index (χ0v) is 20.1. The fourth-order valence-electron chi connectivity index (χ4n) is 4.06. The molecule has 0 aromatic heterocycles. The van der Waals surface area contributed by atoms with Crippen LogP contribution in [0.2, 0.25) is 0 Å². The maximum absolute atomic E-state index is 13.1. The molecule has 9 nitrogen and oxygen atoms in total. The van der Waals surface area contributed by atoms with Crippen molar-refractivity contribution in [2.75, 3.05) is 37.3 Å². The SMILES string of the molecule is COc1ccc(NS(=O)(=O)c2cc(NC(=O)C3CCCN(C(=O)C4CC4)C3)ccc2OC)cc1. The first kappa shape index (κ1) is 23.9. The van der Waals surface area contributed by atoms with E-state index in [2.05, 4.69) is 10.0 Å². The molecule has 1 aliphatic heterocycles. The van der Waals surface area contributed by atoms with E-state index in [0.717, 1.165) is 19.3 Å². The zero-order chi connectivity index (χ0) is 24.3. The van der Waals surface area contributed by atoms with Crippen LogP contribution in [0.1, 0.15) is 25.7 Å². The summed E-state index contributed by atoms with van der Waals surface area (Å²) in [6.45, 7) is 1.07. The van der Waals surface area contributed by atoms with Gasteiger partial charge in [-0.2, -0.15) is 0 Å². The van der Waals surface area contributed by atoms with Gasteiger partial charge in [-0.15, -0.1) is 0 Å². The number of ether oxygens (including phenoxy) is 2. The molecule has 1 saturated heterocycles. The van der Waals surface area contributed by atoms with Crippen LogP contribution in [0.3, 0.4) is 0 Å². The molecule has 0 bridgehead atoms. The van der Waals surface area contributed by atoms with E-state index in [1.54, 1.807) is 35.2 Å². The van der Waals surface area contributed by atoms with E-state index < -0.39 is 10.0 Å². The van der Waals surface area contributed by atoms with E-state index in [0.29, 0.717) is 36.6 Å². The lowest BCUT2D eigenvalue weighted by Gasteiger charge is -2.32. The van der Waals surface area contributed by atoms with Crippen molar-refractivity contribution >= 4 is 33.2 Å². The lowest BCUT2D eigenvalue weighted by atomic mass is 9.96. The average molecular weight is 488 g/mol. The minimum Gasteiger partial charge on any atom is -0.497 e. The fourth-order valence-corrected chi connectivity index (χ4v) is 5.31. The number of methoxy groups -OCH3 is 2. The number of hydrogen-bond donors (Lipinski definition) is 2. The Bertz CT molecular complexity index is 1160. The lowest BCUT2D eigenvalue weighted by Crippen LogP contribution is -2.44. The van der Waals surface area contributed by atoms with Crippen molar-refractivity contribution in [1.29, 1.82) is 0 Å². The van der Waals surface area contributed by atoms with Crippen molar-refractivity contribution in [3.05, 3.63) is 42.5 Å². The van der Waals surface area contributed by atoms with Crippen molar-refractivity contribution in [2.45, 2.75) is 30.6 Å².